The highest BCUT2D eigenvalue weighted by Gasteiger charge is 2.14. The predicted molar refractivity (Wildman–Crippen MR) is 111 cm³/mol. The summed E-state index contributed by atoms with van der Waals surface area (Å²) in [5.74, 6) is 0.784. The Labute approximate surface area is 172 Å². The first kappa shape index (κ1) is 19.7. The minimum Gasteiger partial charge on any atom is -0.497 e. The van der Waals surface area contributed by atoms with E-state index in [9.17, 15) is 4.79 Å². The van der Waals surface area contributed by atoms with Crippen LogP contribution in [-0.2, 0) is 17.6 Å². The highest BCUT2D eigenvalue weighted by Crippen LogP contribution is 2.36. The van der Waals surface area contributed by atoms with Gasteiger partial charge < -0.3 is 10.1 Å². The van der Waals surface area contributed by atoms with Gasteiger partial charge >= 0.3 is 0 Å². The number of methoxy groups -OCH3 is 1. The van der Waals surface area contributed by atoms with E-state index in [0.717, 1.165) is 22.6 Å². The molecule has 0 aliphatic heterocycles. The average molecular weight is 421 g/mol. The van der Waals surface area contributed by atoms with Crippen molar-refractivity contribution in [1.29, 1.82) is 0 Å². The smallest absolute Gasteiger partial charge is 0.225 e. The molecule has 1 aromatic heterocycles. The molecule has 7 heteroatoms. The van der Waals surface area contributed by atoms with Crippen LogP contribution in [0.5, 0.6) is 5.75 Å². The maximum atomic E-state index is 12.2. The molecule has 0 radical (unpaired) electrons. The van der Waals surface area contributed by atoms with E-state index in [2.05, 4.69) is 10.3 Å². The summed E-state index contributed by atoms with van der Waals surface area (Å²) in [5, 5.41) is 4.75. The molecule has 1 heterocycles. The zero-order valence-corrected chi connectivity index (χ0v) is 17.0. The molecule has 3 aromatic rings. The molecule has 0 spiro atoms. The van der Waals surface area contributed by atoms with Crippen LogP contribution in [0.4, 0.5) is 0 Å². The van der Waals surface area contributed by atoms with Crippen LogP contribution in [0.2, 0.25) is 10.0 Å². The highest BCUT2D eigenvalue weighted by molar-refractivity contribution is 7.15. The van der Waals surface area contributed by atoms with Crippen molar-refractivity contribution in [1.82, 2.24) is 10.3 Å². The van der Waals surface area contributed by atoms with Gasteiger partial charge in [-0.25, -0.2) is 4.98 Å². The number of hydrogen-bond acceptors (Lipinski definition) is 4. The van der Waals surface area contributed by atoms with Crippen molar-refractivity contribution < 1.29 is 9.53 Å². The number of halogens is 2. The summed E-state index contributed by atoms with van der Waals surface area (Å²) in [6.45, 7) is 0.577. The van der Waals surface area contributed by atoms with Crippen molar-refractivity contribution in [3.05, 3.63) is 69.1 Å². The van der Waals surface area contributed by atoms with Crippen LogP contribution in [-0.4, -0.2) is 24.5 Å². The predicted octanol–water partition coefficient (Wildman–Crippen LogP) is 5.03. The van der Waals surface area contributed by atoms with Gasteiger partial charge in [-0.3, -0.25) is 4.79 Å². The quantitative estimate of drug-likeness (QED) is 0.583. The highest BCUT2D eigenvalue weighted by atomic mass is 35.5. The molecule has 1 amide bonds. The molecule has 0 fully saturated rings. The molecule has 3 rings (SSSR count). The third-order valence-corrected chi connectivity index (χ3v) is 5.60. The van der Waals surface area contributed by atoms with Crippen LogP contribution in [0.15, 0.2) is 48.7 Å². The average Bonchev–Trinajstić information content (AvgIpc) is 3.10. The summed E-state index contributed by atoms with van der Waals surface area (Å²) < 4.78 is 5.14. The van der Waals surface area contributed by atoms with Gasteiger partial charge in [0.25, 0.3) is 0 Å². The number of hydrogen-bond donors (Lipinski definition) is 1. The van der Waals surface area contributed by atoms with Gasteiger partial charge in [0.2, 0.25) is 5.91 Å². The van der Waals surface area contributed by atoms with Crippen molar-refractivity contribution in [3.63, 3.8) is 0 Å². The zero-order chi connectivity index (χ0) is 19.2. The van der Waals surface area contributed by atoms with Gasteiger partial charge in [0.1, 0.15) is 10.8 Å². The summed E-state index contributed by atoms with van der Waals surface area (Å²) in [6.07, 6.45) is 2.74. The fourth-order valence-corrected chi connectivity index (χ4v) is 4.24. The number of benzene rings is 2. The Morgan fingerprint density at radius 3 is 2.52 bits per heavy atom. The second-order valence-electron chi connectivity index (χ2n) is 5.85. The van der Waals surface area contributed by atoms with Crippen molar-refractivity contribution in [3.8, 4) is 16.3 Å². The van der Waals surface area contributed by atoms with E-state index in [1.165, 1.54) is 11.3 Å². The van der Waals surface area contributed by atoms with Crippen molar-refractivity contribution in [2.24, 2.45) is 0 Å². The van der Waals surface area contributed by atoms with E-state index in [0.29, 0.717) is 27.2 Å². The van der Waals surface area contributed by atoms with Crippen LogP contribution in [0.1, 0.15) is 10.4 Å². The fourth-order valence-electron chi connectivity index (χ4n) is 2.57. The van der Waals surface area contributed by atoms with Crippen molar-refractivity contribution in [2.75, 3.05) is 13.7 Å². The normalized spacial score (nSPS) is 10.6. The molecule has 0 saturated heterocycles. The van der Waals surface area contributed by atoms with Crippen LogP contribution < -0.4 is 10.1 Å². The lowest BCUT2D eigenvalue weighted by Crippen LogP contribution is -2.26. The minimum atomic E-state index is -0.0380. The number of nitrogens with one attached hydrogen (secondary N) is 1. The first-order valence-electron chi connectivity index (χ1n) is 8.35. The minimum absolute atomic E-state index is 0.0380. The second kappa shape index (κ2) is 9.22. The third kappa shape index (κ3) is 5.22. The van der Waals surface area contributed by atoms with Crippen LogP contribution in [0.25, 0.3) is 10.6 Å². The van der Waals surface area contributed by atoms with Crippen molar-refractivity contribution >= 4 is 40.4 Å². The number of ether oxygens (including phenoxy) is 1. The Morgan fingerprint density at radius 1 is 1.15 bits per heavy atom. The molecule has 1 N–H and O–H groups in total. The topological polar surface area (TPSA) is 51.2 Å². The van der Waals surface area contributed by atoms with Gasteiger partial charge in [0.15, 0.2) is 0 Å². The lowest BCUT2D eigenvalue weighted by atomic mass is 10.1. The standard InChI is InChI=1S/C20H18Cl2N2O2S/c1-26-14-7-5-13(6-8-14)9-10-23-18(25)11-15-12-24-20(27-15)19-16(21)3-2-4-17(19)22/h2-8,12H,9-11H2,1H3,(H,23,25). The van der Waals surface area contributed by atoms with Crippen molar-refractivity contribution in [2.45, 2.75) is 12.8 Å². The fraction of sp³-hybridized carbons (Fsp3) is 0.200. The summed E-state index contributed by atoms with van der Waals surface area (Å²) in [4.78, 5) is 17.4. The number of amides is 1. The Hall–Kier alpha value is -2.08. The Balaban J connectivity index is 1.53. The monoisotopic (exact) mass is 420 g/mol. The maximum Gasteiger partial charge on any atom is 0.225 e. The number of thiazole rings is 1. The van der Waals surface area contributed by atoms with E-state index in [1.54, 1.807) is 31.5 Å². The summed E-state index contributed by atoms with van der Waals surface area (Å²) >= 11 is 13.9. The molecule has 0 bridgehead atoms. The molecule has 0 atom stereocenters. The molecule has 4 nitrogen and oxygen atoms in total. The molecule has 2 aromatic carbocycles. The Kier molecular flexibility index (Phi) is 6.72. The van der Waals surface area contributed by atoms with Gasteiger partial charge in [-0.2, -0.15) is 0 Å². The summed E-state index contributed by atoms with van der Waals surface area (Å²) in [6, 6.07) is 13.2. The Morgan fingerprint density at radius 2 is 1.85 bits per heavy atom. The number of carbonyl (C=O) groups is 1. The van der Waals surface area contributed by atoms with Gasteiger partial charge in [0.05, 0.1) is 23.6 Å². The van der Waals surface area contributed by atoms with E-state index < -0.39 is 0 Å². The summed E-state index contributed by atoms with van der Waals surface area (Å²) in [5.41, 5.74) is 1.85. The van der Waals surface area contributed by atoms with Gasteiger partial charge in [-0.1, -0.05) is 41.4 Å². The molecule has 0 saturated carbocycles. The zero-order valence-electron chi connectivity index (χ0n) is 14.7. The first-order valence-corrected chi connectivity index (χ1v) is 9.93. The largest absolute Gasteiger partial charge is 0.497 e. The number of carbonyl (C=O) groups excluding carboxylic acids is 1. The molecule has 140 valence electrons. The lowest BCUT2D eigenvalue weighted by Gasteiger charge is -2.05. The Bertz CT molecular complexity index is 906. The molecule has 0 aliphatic rings. The number of aromatic nitrogens is 1. The second-order valence-corrected chi connectivity index (χ2v) is 7.78. The van der Waals surface area contributed by atoms with E-state index in [4.69, 9.17) is 27.9 Å². The first-order chi connectivity index (χ1) is 13.1. The van der Waals surface area contributed by atoms with Gasteiger partial charge in [0, 0.05) is 23.2 Å². The third-order valence-electron chi connectivity index (χ3n) is 3.96. The lowest BCUT2D eigenvalue weighted by molar-refractivity contribution is -0.120. The molecule has 0 unspecified atom stereocenters. The molecular formula is C20H18Cl2N2O2S. The molecule has 0 aliphatic carbocycles. The van der Waals surface area contributed by atoms with Gasteiger partial charge in [-0.15, -0.1) is 11.3 Å². The molecule has 27 heavy (non-hydrogen) atoms. The molecular weight excluding hydrogens is 403 g/mol. The summed E-state index contributed by atoms with van der Waals surface area (Å²) in [7, 11) is 1.64. The van der Waals surface area contributed by atoms with Crippen LogP contribution >= 0.6 is 34.5 Å². The van der Waals surface area contributed by atoms with Crippen LogP contribution in [0, 0.1) is 0 Å². The van der Waals surface area contributed by atoms with E-state index in [1.807, 2.05) is 24.3 Å². The number of rotatable bonds is 7. The van der Waals surface area contributed by atoms with Crippen LogP contribution in [0.3, 0.4) is 0 Å². The SMILES string of the molecule is COc1ccc(CCNC(=O)Cc2cnc(-c3c(Cl)cccc3Cl)s2)cc1. The number of nitrogens with zero attached hydrogens (tertiary/aromatic N) is 1. The maximum absolute atomic E-state index is 12.2. The van der Waals surface area contributed by atoms with E-state index >= 15 is 0 Å². The van der Waals surface area contributed by atoms with E-state index in [-0.39, 0.29) is 12.3 Å². The van der Waals surface area contributed by atoms with Gasteiger partial charge in [-0.05, 0) is 36.2 Å².